The predicted molar refractivity (Wildman–Crippen MR) is 114 cm³/mol. The number of rotatable bonds is 4. The van der Waals surface area contributed by atoms with Crippen LogP contribution in [0.1, 0.15) is 5.76 Å². The van der Waals surface area contributed by atoms with E-state index in [1.807, 2.05) is 12.1 Å². The van der Waals surface area contributed by atoms with Gasteiger partial charge in [-0.2, -0.15) is 4.98 Å². The van der Waals surface area contributed by atoms with Crippen LogP contribution in [-0.2, 0) is 6.54 Å². The van der Waals surface area contributed by atoms with Gasteiger partial charge in [0.2, 0.25) is 11.8 Å². The van der Waals surface area contributed by atoms with Crippen LogP contribution in [0.25, 0.3) is 0 Å². The zero-order valence-corrected chi connectivity index (χ0v) is 18.6. The SMILES string of the molecule is CN=C(NCc1ccco1)N1CCN(c2ncc(Br)c(OC)n2)CC1.I. The van der Waals surface area contributed by atoms with Crippen molar-refractivity contribution >= 4 is 51.8 Å². The highest BCUT2D eigenvalue weighted by Crippen LogP contribution is 2.23. The van der Waals surface area contributed by atoms with E-state index in [4.69, 9.17) is 9.15 Å². The van der Waals surface area contributed by atoms with Crippen LogP contribution in [0.2, 0.25) is 0 Å². The summed E-state index contributed by atoms with van der Waals surface area (Å²) in [5.41, 5.74) is 0. The number of ether oxygens (including phenoxy) is 1. The maximum absolute atomic E-state index is 5.35. The summed E-state index contributed by atoms with van der Waals surface area (Å²) < 4.78 is 11.3. The second kappa shape index (κ2) is 9.95. The average molecular weight is 537 g/mol. The Hall–Kier alpha value is -1.56. The quantitative estimate of drug-likeness (QED) is 0.365. The monoisotopic (exact) mass is 536 g/mol. The van der Waals surface area contributed by atoms with Crippen molar-refractivity contribution in [1.29, 1.82) is 0 Å². The lowest BCUT2D eigenvalue weighted by Gasteiger charge is -2.36. The highest BCUT2D eigenvalue weighted by Gasteiger charge is 2.22. The molecule has 8 nitrogen and oxygen atoms in total. The number of halogens is 2. The van der Waals surface area contributed by atoms with E-state index in [1.54, 1.807) is 26.6 Å². The van der Waals surface area contributed by atoms with Gasteiger partial charge in [-0.1, -0.05) is 0 Å². The molecule has 3 rings (SSSR count). The number of aromatic nitrogens is 2. The topological polar surface area (TPSA) is 79.0 Å². The summed E-state index contributed by atoms with van der Waals surface area (Å²) in [6.45, 7) is 3.91. The van der Waals surface area contributed by atoms with Crippen LogP contribution in [0.5, 0.6) is 5.88 Å². The van der Waals surface area contributed by atoms with Crippen molar-refractivity contribution in [2.45, 2.75) is 6.54 Å². The summed E-state index contributed by atoms with van der Waals surface area (Å²) in [5.74, 6) is 2.97. The Kier molecular flexibility index (Phi) is 7.94. The summed E-state index contributed by atoms with van der Waals surface area (Å²) in [6, 6.07) is 3.82. The molecule has 0 atom stereocenters. The van der Waals surface area contributed by atoms with Crippen LogP contribution in [0.15, 0.2) is 38.5 Å². The van der Waals surface area contributed by atoms with Gasteiger partial charge in [0, 0.05) is 33.2 Å². The number of nitrogens with one attached hydrogen (secondary N) is 1. The number of hydrogen-bond acceptors (Lipinski definition) is 6. The Morgan fingerprint density at radius 1 is 1.38 bits per heavy atom. The smallest absolute Gasteiger partial charge is 0.232 e. The maximum Gasteiger partial charge on any atom is 0.232 e. The lowest BCUT2D eigenvalue weighted by molar-refractivity contribution is 0.364. The zero-order chi connectivity index (χ0) is 17.6. The molecule has 0 unspecified atom stereocenters. The zero-order valence-electron chi connectivity index (χ0n) is 14.7. The minimum absolute atomic E-state index is 0. The van der Waals surface area contributed by atoms with E-state index >= 15 is 0 Å². The first-order valence-electron chi connectivity index (χ1n) is 8.00. The molecular weight excluding hydrogens is 515 g/mol. The molecule has 0 aromatic carbocycles. The number of hydrogen-bond donors (Lipinski definition) is 1. The molecule has 2 aromatic rings. The third kappa shape index (κ3) is 5.00. The summed E-state index contributed by atoms with van der Waals surface area (Å²) in [6.07, 6.45) is 3.39. The minimum Gasteiger partial charge on any atom is -0.480 e. The van der Waals surface area contributed by atoms with Crippen LogP contribution in [-0.4, -0.2) is 61.2 Å². The Balaban J connectivity index is 0.00000243. The van der Waals surface area contributed by atoms with Gasteiger partial charge in [-0.15, -0.1) is 24.0 Å². The van der Waals surface area contributed by atoms with Gasteiger partial charge < -0.3 is 24.3 Å². The number of furan rings is 1. The van der Waals surface area contributed by atoms with Crippen molar-refractivity contribution in [1.82, 2.24) is 20.2 Å². The van der Waals surface area contributed by atoms with Crippen molar-refractivity contribution in [2.24, 2.45) is 4.99 Å². The van der Waals surface area contributed by atoms with Crippen molar-refractivity contribution in [3.63, 3.8) is 0 Å². The highest BCUT2D eigenvalue weighted by molar-refractivity contribution is 14.0. The molecule has 1 saturated heterocycles. The second-order valence-corrected chi connectivity index (χ2v) is 6.34. The van der Waals surface area contributed by atoms with Crippen molar-refractivity contribution in [2.75, 3.05) is 45.2 Å². The largest absolute Gasteiger partial charge is 0.480 e. The van der Waals surface area contributed by atoms with Crippen LogP contribution in [0.4, 0.5) is 5.95 Å². The molecule has 1 aliphatic heterocycles. The third-order valence-corrected chi connectivity index (χ3v) is 4.51. The van der Waals surface area contributed by atoms with E-state index in [1.165, 1.54) is 0 Å². The predicted octanol–water partition coefficient (Wildman–Crippen LogP) is 2.36. The second-order valence-electron chi connectivity index (χ2n) is 5.48. The molecule has 26 heavy (non-hydrogen) atoms. The first-order chi connectivity index (χ1) is 12.2. The number of guanidine groups is 1. The molecule has 2 aromatic heterocycles. The summed E-state index contributed by atoms with van der Waals surface area (Å²) in [5, 5.41) is 3.33. The molecule has 0 bridgehead atoms. The number of nitrogens with zero attached hydrogens (tertiary/aromatic N) is 5. The van der Waals surface area contributed by atoms with E-state index in [-0.39, 0.29) is 24.0 Å². The van der Waals surface area contributed by atoms with Crippen molar-refractivity contribution in [3.05, 3.63) is 34.8 Å². The molecule has 10 heteroatoms. The molecule has 0 radical (unpaired) electrons. The van der Waals surface area contributed by atoms with Gasteiger partial charge in [0.15, 0.2) is 5.96 Å². The van der Waals surface area contributed by atoms with Crippen LogP contribution in [0, 0.1) is 0 Å². The molecule has 1 aliphatic rings. The van der Waals surface area contributed by atoms with Gasteiger partial charge in [0.1, 0.15) is 5.76 Å². The summed E-state index contributed by atoms with van der Waals surface area (Å²) >= 11 is 3.38. The van der Waals surface area contributed by atoms with Gasteiger partial charge >= 0.3 is 0 Å². The Morgan fingerprint density at radius 3 is 2.77 bits per heavy atom. The molecule has 0 aliphatic carbocycles. The standard InChI is InChI=1S/C16H21BrN6O2.HI/c1-18-15(19-10-12-4-3-9-25-12)22-5-7-23(8-6-22)16-20-11-13(17)14(21-16)24-2;/h3-4,9,11H,5-8,10H2,1-2H3,(H,18,19);1H. The number of aliphatic imine (C=N–C) groups is 1. The van der Waals surface area contributed by atoms with Gasteiger partial charge in [0.05, 0.1) is 30.6 Å². The summed E-state index contributed by atoms with van der Waals surface area (Å²) in [7, 11) is 3.39. The molecule has 0 amide bonds. The van der Waals surface area contributed by atoms with Crippen LogP contribution >= 0.6 is 39.9 Å². The normalized spacial score (nSPS) is 14.8. The maximum atomic E-state index is 5.35. The molecule has 0 saturated carbocycles. The van der Waals surface area contributed by atoms with E-state index in [2.05, 4.69) is 46.0 Å². The van der Waals surface area contributed by atoms with Crippen LogP contribution in [0.3, 0.4) is 0 Å². The van der Waals surface area contributed by atoms with E-state index in [0.29, 0.717) is 18.4 Å². The number of anilines is 1. The van der Waals surface area contributed by atoms with Crippen molar-refractivity contribution < 1.29 is 9.15 Å². The molecule has 3 heterocycles. The van der Waals surface area contributed by atoms with Crippen molar-refractivity contribution in [3.8, 4) is 5.88 Å². The lowest BCUT2D eigenvalue weighted by Crippen LogP contribution is -2.52. The number of piperazine rings is 1. The van der Waals surface area contributed by atoms with E-state index in [9.17, 15) is 0 Å². The Morgan fingerprint density at radius 2 is 2.15 bits per heavy atom. The molecule has 1 fully saturated rings. The van der Waals surface area contributed by atoms with Gasteiger partial charge in [-0.25, -0.2) is 4.98 Å². The van der Waals surface area contributed by atoms with Gasteiger partial charge in [-0.3, -0.25) is 4.99 Å². The Bertz CT molecular complexity index is 720. The van der Waals surface area contributed by atoms with E-state index < -0.39 is 0 Å². The fourth-order valence-corrected chi connectivity index (χ4v) is 3.02. The Labute approximate surface area is 178 Å². The third-order valence-electron chi connectivity index (χ3n) is 3.97. The fraction of sp³-hybridized carbons (Fsp3) is 0.438. The fourth-order valence-electron chi connectivity index (χ4n) is 2.67. The molecule has 0 spiro atoms. The lowest BCUT2D eigenvalue weighted by atomic mass is 10.3. The first-order valence-corrected chi connectivity index (χ1v) is 8.80. The van der Waals surface area contributed by atoms with E-state index in [0.717, 1.165) is 42.4 Å². The molecular formula is C16H22BrIN6O2. The summed E-state index contributed by atoms with van der Waals surface area (Å²) in [4.78, 5) is 17.5. The number of methoxy groups -OCH3 is 1. The minimum atomic E-state index is 0. The van der Waals surface area contributed by atoms with Crippen LogP contribution < -0.4 is 15.0 Å². The average Bonchev–Trinajstić information content (AvgIpc) is 3.17. The molecule has 1 N–H and O–H groups in total. The first kappa shape index (κ1) is 20.7. The van der Waals surface area contributed by atoms with Gasteiger partial charge in [-0.05, 0) is 28.1 Å². The van der Waals surface area contributed by atoms with Gasteiger partial charge in [0.25, 0.3) is 0 Å². The highest BCUT2D eigenvalue weighted by atomic mass is 127. The molecule has 142 valence electrons.